The summed E-state index contributed by atoms with van der Waals surface area (Å²) in [6.07, 6.45) is 3.62. The first-order valence-corrected chi connectivity index (χ1v) is 5.49. The first-order valence-electron chi connectivity index (χ1n) is 5.49. The molecule has 0 amide bonds. The van der Waals surface area contributed by atoms with E-state index in [1.165, 1.54) is 12.1 Å². The normalized spacial score (nSPS) is 17.9. The second kappa shape index (κ2) is 4.37. The lowest BCUT2D eigenvalue weighted by molar-refractivity contribution is -0.0129. The van der Waals surface area contributed by atoms with Crippen molar-refractivity contribution in [2.24, 2.45) is 5.73 Å². The third kappa shape index (κ3) is 2.32. The fourth-order valence-electron chi connectivity index (χ4n) is 2.07. The summed E-state index contributed by atoms with van der Waals surface area (Å²) in [5, 5.41) is 0. The minimum absolute atomic E-state index is 0.255. The molecule has 1 aromatic rings. The van der Waals surface area contributed by atoms with Gasteiger partial charge < -0.3 is 10.5 Å². The van der Waals surface area contributed by atoms with Crippen LogP contribution in [0.1, 0.15) is 25.7 Å². The lowest BCUT2D eigenvalue weighted by atomic mass is 9.77. The molecule has 0 saturated heterocycles. The maximum absolute atomic E-state index is 13.0. The molecule has 0 unspecified atom stereocenters. The molecule has 4 heteroatoms. The fraction of sp³-hybridized carbons (Fsp3) is 0.500. The Labute approximate surface area is 93.4 Å². The highest BCUT2D eigenvalue weighted by atomic mass is 19.1. The summed E-state index contributed by atoms with van der Waals surface area (Å²) in [6.45, 7) is 0.526. The average Bonchev–Trinajstić information content (AvgIpc) is 2.13. The third-order valence-corrected chi connectivity index (χ3v) is 3.04. The Hall–Kier alpha value is -1.16. The minimum atomic E-state index is -0.614. The summed E-state index contributed by atoms with van der Waals surface area (Å²) in [4.78, 5) is 0. The standard InChI is InChI=1S/C12H15F2NO/c13-9-6-10(14)8-11(7-9)16-12(4-5-15)2-1-3-12/h6-8H,1-5,15H2. The number of nitrogens with two attached hydrogens (primary N) is 1. The monoisotopic (exact) mass is 227 g/mol. The second-order valence-corrected chi connectivity index (χ2v) is 4.28. The number of benzene rings is 1. The highest BCUT2D eigenvalue weighted by Crippen LogP contribution is 2.39. The zero-order chi connectivity index (χ0) is 11.6. The van der Waals surface area contributed by atoms with Gasteiger partial charge in [-0.05, 0) is 32.2 Å². The van der Waals surface area contributed by atoms with Gasteiger partial charge in [-0.2, -0.15) is 0 Å². The average molecular weight is 227 g/mol. The van der Waals surface area contributed by atoms with Crippen LogP contribution >= 0.6 is 0 Å². The molecule has 2 nitrogen and oxygen atoms in total. The smallest absolute Gasteiger partial charge is 0.129 e. The number of halogens is 2. The number of hydrogen-bond acceptors (Lipinski definition) is 2. The van der Waals surface area contributed by atoms with Crippen LogP contribution in [0.2, 0.25) is 0 Å². The molecule has 0 aromatic heterocycles. The molecule has 1 fully saturated rings. The van der Waals surface area contributed by atoms with Gasteiger partial charge in [-0.25, -0.2) is 8.78 Å². The molecule has 1 aromatic carbocycles. The van der Waals surface area contributed by atoms with Crippen molar-refractivity contribution in [1.29, 1.82) is 0 Å². The Bertz CT molecular complexity index is 357. The number of hydrogen-bond donors (Lipinski definition) is 1. The van der Waals surface area contributed by atoms with Crippen LogP contribution in [-0.4, -0.2) is 12.1 Å². The van der Waals surface area contributed by atoms with Crippen LogP contribution in [0.5, 0.6) is 5.75 Å². The zero-order valence-corrected chi connectivity index (χ0v) is 9.01. The quantitative estimate of drug-likeness (QED) is 0.858. The molecule has 0 atom stereocenters. The first-order chi connectivity index (χ1) is 7.63. The third-order valence-electron chi connectivity index (χ3n) is 3.04. The summed E-state index contributed by atoms with van der Waals surface area (Å²) >= 11 is 0. The van der Waals surface area contributed by atoms with Crippen LogP contribution in [0.3, 0.4) is 0 Å². The molecule has 1 aliphatic rings. The predicted molar refractivity (Wildman–Crippen MR) is 57.2 cm³/mol. The van der Waals surface area contributed by atoms with Crippen LogP contribution in [0.15, 0.2) is 18.2 Å². The van der Waals surface area contributed by atoms with Crippen LogP contribution in [0, 0.1) is 11.6 Å². The molecule has 0 bridgehead atoms. The van der Waals surface area contributed by atoms with E-state index >= 15 is 0 Å². The lowest BCUT2D eigenvalue weighted by Crippen LogP contribution is -2.44. The van der Waals surface area contributed by atoms with Gasteiger partial charge in [0.25, 0.3) is 0 Å². The molecule has 1 aliphatic carbocycles. The van der Waals surface area contributed by atoms with Crippen molar-refractivity contribution in [3.05, 3.63) is 29.8 Å². The Morgan fingerprint density at radius 2 is 1.81 bits per heavy atom. The molecular formula is C12H15F2NO. The Kier molecular flexibility index (Phi) is 3.10. The predicted octanol–water partition coefficient (Wildman–Crippen LogP) is 2.62. The van der Waals surface area contributed by atoms with Gasteiger partial charge in [0.1, 0.15) is 23.0 Å². The molecule has 2 N–H and O–H groups in total. The minimum Gasteiger partial charge on any atom is -0.487 e. The van der Waals surface area contributed by atoms with Gasteiger partial charge in [0.05, 0.1) is 0 Å². The number of rotatable bonds is 4. The van der Waals surface area contributed by atoms with E-state index in [4.69, 9.17) is 10.5 Å². The van der Waals surface area contributed by atoms with Gasteiger partial charge in [-0.3, -0.25) is 0 Å². The summed E-state index contributed by atoms with van der Waals surface area (Å²) in [5.74, 6) is -0.972. The van der Waals surface area contributed by atoms with Gasteiger partial charge in [-0.1, -0.05) is 0 Å². The lowest BCUT2D eigenvalue weighted by Gasteiger charge is -2.41. The van der Waals surface area contributed by atoms with Crippen LogP contribution in [0.4, 0.5) is 8.78 Å². The van der Waals surface area contributed by atoms with Crippen molar-refractivity contribution in [1.82, 2.24) is 0 Å². The molecule has 1 saturated carbocycles. The van der Waals surface area contributed by atoms with Crippen molar-refractivity contribution in [2.75, 3.05) is 6.54 Å². The van der Waals surface area contributed by atoms with Crippen LogP contribution < -0.4 is 10.5 Å². The molecule has 88 valence electrons. The second-order valence-electron chi connectivity index (χ2n) is 4.28. The summed E-state index contributed by atoms with van der Waals surface area (Å²) in [5.41, 5.74) is 5.21. The van der Waals surface area contributed by atoms with Gasteiger partial charge in [-0.15, -0.1) is 0 Å². The maximum Gasteiger partial charge on any atom is 0.129 e. The van der Waals surface area contributed by atoms with Crippen molar-refractivity contribution < 1.29 is 13.5 Å². The molecule has 0 radical (unpaired) electrons. The molecular weight excluding hydrogens is 212 g/mol. The topological polar surface area (TPSA) is 35.2 Å². The largest absolute Gasteiger partial charge is 0.487 e. The van der Waals surface area contributed by atoms with Gasteiger partial charge >= 0.3 is 0 Å². The molecule has 0 spiro atoms. The van der Waals surface area contributed by atoms with E-state index < -0.39 is 11.6 Å². The van der Waals surface area contributed by atoms with Crippen molar-refractivity contribution in [2.45, 2.75) is 31.3 Å². The van der Waals surface area contributed by atoms with Crippen molar-refractivity contribution in [3.8, 4) is 5.75 Å². The van der Waals surface area contributed by atoms with E-state index in [0.29, 0.717) is 6.54 Å². The zero-order valence-electron chi connectivity index (χ0n) is 9.01. The fourth-order valence-corrected chi connectivity index (χ4v) is 2.07. The van der Waals surface area contributed by atoms with E-state index in [-0.39, 0.29) is 11.4 Å². The molecule has 0 aliphatic heterocycles. The van der Waals surface area contributed by atoms with E-state index in [1.54, 1.807) is 0 Å². The molecule has 16 heavy (non-hydrogen) atoms. The Morgan fingerprint density at radius 3 is 2.25 bits per heavy atom. The van der Waals surface area contributed by atoms with Gasteiger partial charge in [0.2, 0.25) is 0 Å². The highest BCUT2D eigenvalue weighted by Gasteiger charge is 2.38. The maximum atomic E-state index is 13.0. The van der Waals surface area contributed by atoms with Gasteiger partial charge in [0.15, 0.2) is 0 Å². The summed E-state index contributed by atoms with van der Waals surface area (Å²) in [7, 11) is 0. The first kappa shape index (κ1) is 11.3. The van der Waals surface area contributed by atoms with Crippen molar-refractivity contribution >= 4 is 0 Å². The molecule has 2 rings (SSSR count). The van der Waals surface area contributed by atoms with Crippen LogP contribution in [-0.2, 0) is 0 Å². The van der Waals surface area contributed by atoms with E-state index in [9.17, 15) is 8.78 Å². The van der Waals surface area contributed by atoms with E-state index in [1.807, 2.05) is 0 Å². The molecule has 0 heterocycles. The summed E-state index contributed by atoms with van der Waals surface area (Å²) < 4.78 is 31.6. The van der Waals surface area contributed by atoms with Crippen molar-refractivity contribution in [3.63, 3.8) is 0 Å². The Morgan fingerprint density at radius 1 is 1.19 bits per heavy atom. The van der Waals surface area contributed by atoms with E-state index in [0.717, 1.165) is 31.7 Å². The van der Waals surface area contributed by atoms with E-state index in [2.05, 4.69) is 0 Å². The highest BCUT2D eigenvalue weighted by molar-refractivity contribution is 5.25. The SMILES string of the molecule is NCCC1(Oc2cc(F)cc(F)c2)CCC1. The van der Waals surface area contributed by atoms with Gasteiger partial charge in [0, 0.05) is 18.2 Å². The number of ether oxygens (including phenoxy) is 1. The summed E-state index contributed by atoms with van der Waals surface area (Å²) in [6, 6.07) is 3.25. The Balaban J connectivity index is 2.12. The van der Waals surface area contributed by atoms with Crippen LogP contribution in [0.25, 0.3) is 0 Å².